The van der Waals surface area contributed by atoms with Gasteiger partial charge in [-0.3, -0.25) is 0 Å². The predicted octanol–water partition coefficient (Wildman–Crippen LogP) is 17.1. The van der Waals surface area contributed by atoms with Crippen molar-refractivity contribution in [2.24, 2.45) is 0 Å². The van der Waals surface area contributed by atoms with Gasteiger partial charge in [-0.1, -0.05) is 278 Å². The quantitative estimate of drug-likeness (QED) is 0.100. The molecule has 0 aromatic heterocycles. The normalized spacial score (nSPS) is 13.6. The third-order valence-electron chi connectivity index (χ3n) is 15.0. The largest absolute Gasteiger partial charge is 0.382 e. The summed E-state index contributed by atoms with van der Waals surface area (Å²) >= 11 is 0. The molecule has 0 saturated carbocycles. The van der Waals surface area contributed by atoms with Crippen LogP contribution in [-0.4, -0.2) is 25.8 Å². The fourth-order valence-electron chi connectivity index (χ4n) is 11.9. The van der Waals surface area contributed by atoms with Gasteiger partial charge in [0, 0.05) is 48.9 Å². The van der Waals surface area contributed by atoms with Gasteiger partial charge in [0.15, 0.2) is 0 Å². The van der Waals surface area contributed by atoms with Crippen molar-refractivity contribution < 1.29 is 4.74 Å². The third-order valence-corrected chi connectivity index (χ3v) is 15.0. The molecule has 75 heavy (non-hydrogen) atoms. The first-order valence-electron chi connectivity index (χ1n) is 26.8. The summed E-state index contributed by atoms with van der Waals surface area (Å²) < 4.78 is 4.83. The summed E-state index contributed by atoms with van der Waals surface area (Å²) in [5, 5.41) is 8.80. The van der Waals surface area contributed by atoms with Crippen LogP contribution in [0.3, 0.4) is 0 Å². The molecule has 2 N–H and O–H groups in total. The maximum absolute atomic E-state index is 4.83. The number of hydrogen-bond donors (Lipinski definition) is 2. The summed E-state index contributed by atoms with van der Waals surface area (Å²) in [7, 11) is 0. The van der Waals surface area contributed by atoms with Crippen LogP contribution in [0.5, 0.6) is 0 Å². The van der Waals surface area contributed by atoms with Gasteiger partial charge in [0.05, 0.1) is 11.5 Å². The second kappa shape index (κ2) is 23.7. The van der Waals surface area contributed by atoms with Crippen LogP contribution in [0.4, 0.5) is 11.4 Å². The Bertz CT molecular complexity index is 3090. The maximum Gasteiger partial charge on any atom is 0.0690 e. The molecule has 1 heterocycles. The zero-order chi connectivity index (χ0) is 51.4. The molecule has 0 spiro atoms. The lowest BCUT2D eigenvalue weighted by molar-refractivity contribution is 0.162. The number of benzene rings is 10. The number of ether oxygens (including phenoxy) is 1. The van der Waals surface area contributed by atoms with Gasteiger partial charge in [-0.25, -0.2) is 0 Å². The van der Waals surface area contributed by atoms with E-state index in [1.165, 1.54) is 83.6 Å². The Morgan fingerprint density at radius 3 is 1.03 bits per heavy atom. The predicted molar refractivity (Wildman–Crippen MR) is 315 cm³/mol. The number of fused-ring (bicyclic) bond motifs is 1. The topological polar surface area (TPSA) is 33.3 Å². The van der Waals surface area contributed by atoms with Gasteiger partial charge in [0.25, 0.3) is 0 Å². The van der Waals surface area contributed by atoms with Crippen molar-refractivity contribution in [1.82, 2.24) is 0 Å². The molecule has 1 aliphatic heterocycles. The van der Waals surface area contributed by atoms with Crippen molar-refractivity contribution >= 4 is 11.4 Å². The highest BCUT2D eigenvalue weighted by atomic mass is 16.5. The van der Waals surface area contributed by atoms with E-state index in [2.05, 4.69) is 291 Å². The molecule has 0 amide bonds. The Kier molecular flexibility index (Phi) is 15.9. The van der Waals surface area contributed by atoms with Gasteiger partial charge >= 0.3 is 0 Å². The van der Waals surface area contributed by atoms with Crippen LogP contribution in [-0.2, 0) is 10.2 Å². The van der Waals surface area contributed by atoms with Gasteiger partial charge in [-0.15, -0.1) is 0 Å². The first kappa shape index (κ1) is 50.3. The maximum atomic E-state index is 4.83. The van der Waals surface area contributed by atoms with E-state index < -0.39 is 5.41 Å². The zero-order valence-corrected chi connectivity index (χ0v) is 43.7. The number of nitrogens with one attached hydrogen (secondary N) is 2. The van der Waals surface area contributed by atoms with Crippen LogP contribution in [0, 0.1) is 13.8 Å². The molecule has 0 saturated heterocycles. The first-order valence-corrected chi connectivity index (χ1v) is 26.8. The van der Waals surface area contributed by atoms with Crippen LogP contribution in [0.2, 0.25) is 0 Å². The van der Waals surface area contributed by atoms with E-state index in [4.69, 9.17) is 4.74 Å². The highest BCUT2D eigenvalue weighted by Gasteiger charge is 2.49. The second-order valence-electron chi connectivity index (χ2n) is 19.8. The van der Waals surface area contributed by atoms with Gasteiger partial charge in [-0.2, -0.15) is 0 Å². The average molecular weight is 977 g/mol. The Balaban J connectivity index is 0.00000123. The van der Waals surface area contributed by atoms with E-state index >= 15 is 0 Å². The Morgan fingerprint density at radius 1 is 0.413 bits per heavy atom. The van der Waals surface area contributed by atoms with Crippen LogP contribution in [0.25, 0.3) is 0 Å². The third kappa shape index (κ3) is 10.6. The van der Waals surface area contributed by atoms with Gasteiger partial charge in [0.1, 0.15) is 0 Å². The van der Waals surface area contributed by atoms with Crippen molar-refractivity contribution in [2.75, 3.05) is 30.4 Å². The second-order valence-corrected chi connectivity index (χ2v) is 19.8. The van der Waals surface area contributed by atoms with Crippen molar-refractivity contribution in [3.63, 3.8) is 0 Å². The molecule has 1 aliphatic rings. The molecule has 0 radical (unpaired) electrons. The average Bonchev–Trinajstić information content (AvgIpc) is 3.47. The highest BCUT2D eigenvalue weighted by molar-refractivity contribution is 5.76. The number of anilines is 2. The fourth-order valence-corrected chi connectivity index (χ4v) is 11.9. The fraction of sp³-hybridized carbons (Fsp3) is 0.167. The minimum Gasteiger partial charge on any atom is -0.382 e. The van der Waals surface area contributed by atoms with E-state index in [0.717, 1.165) is 18.9 Å². The van der Waals surface area contributed by atoms with Crippen LogP contribution >= 0.6 is 0 Å². The molecule has 3 nitrogen and oxygen atoms in total. The van der Waals surface area contributed by atoms with E-state index in [9.17, 15) is 0 Å². The van der Waals surface area contributed by atoms with Crippen molar-refractivity contribution in [3.8, 4) is 0 Å². The van der Waals surface area contributed by atoms with Crippen molar-refractivity contribution in [3.05, 3.63) is 345 Å². The molecule has 372 valence electrons. The Hall–Kier alpha value is -8.24. The summed E-state index contributed by atoms with van der Waals surface area (Å²) in [6.45, 7) is 10.9. The minimum atomic E-state index is -0.662. The zero-order valence-electron chi connectivity index (χ0n) is 43.7. The SMILES string of the molecule is CCOCC.Cc1cc(C(c2ccccc2)c2ccccc2)c(N[C@H]2CNc3c(C(c4ccccc4)c4ccccc4)cc(C)cc3C2(c2ccccc2)c2ccccc2)c(C(c2ccccc2)c2ccccc2)c1. The summed E-state index contributed by atoms with van der Waals surface area (Å²) in [5.41, 5.74) is 19.2. The first-order chi connectivity index (χ1) is 37.0. The molecule has 1 atom stereocenters. The summed E-state index contributed by atoms with van der Waals surface area (Å²) in [6.07, 6.45) is 0. The summed E-state index contributed by atoms with van der Waals surface area (Å²) in [6, 6.07) is 98.7. The molecule has 10 aromatic carbocycles. The standard InChI is InChI=1S/C68H58N2.C4H10O/c1-48-43-58(63(50-27-11-3-12-28-50)51-29-13-4-14-30-51)66(59(44-48)64(52-31-15-5-16-32-52)53-33-17-6-18-34-53)70-62-47-69-67-60(65(54-35-19-7-20-36-54)55-37-21-8-22-38-55)45-49(2)46-61(67)68(62,56-39-23-9-24-40-56)57-41-25-10-26-42-57;1-3-5-4-2/h3-46,62-65,69-70H,47H2,1-2H3;3-4H2,1-2H3/t62-;/m0./s1. The molecule has 0 aliphatic carbocycles. The van der Waals surface area contributed by atoms with Gasteiger partial charge < -0.3 is 15.4 Å². The lowest BCUT2D eigenvalue weighted by Gasteiger charge is -2.49. The van der Waals surface area contributed by atoms with Crippen LogP contribution < -0.4 is 10.6 Å². The molecule has 0 fully saturated rings. The summed E-state index contributed by atoms with van der Waals surface area (Å²) in [4.78, 5) is 0. The van der Waals surface area contributed by atoms with E-state index in [-0.39, 0.29) is 23.8 Å². The van der Waals surface area contributed by atoms with E-state index in [1.54, 1.807) is 0 Å². The van der Waals surface area contributed by atoms with Crippen LogP contribution in [0.1, 0.15) is 109 Å². The lowest BCUT2D eigenvalue weighted by atomic mass is 9.61. The molecule has 10 aromatic rings. The molecule has 0 bridgehead atoms. The van der Waals surface area contributed by atoms with Crippen LogP contribution in [0.15, 0.2) is 267 Å². The molecule has 11 rings (SSSR count). The number of hydrogen-bond acceptors (Lipinski definition) is 3. The van der Waals surface area contributed by atoms with E-state index in [0.29, 0.717) is 6.54 Å². The smallest absolute Gasteiger partial charge is 0.0690 e. The number of rotatable bonds is 15. The monoisotopic (exact) mass is 977 g/mol. The number of aryl methyl sites for hydroxylation is 2. The highest BCUT2D eigenvalue weighted by Crippen LogP contribution is 2.53. The summed E-state index contributed by atoms with van der Waals surface area (Å²) in [5.74, 6) is -0.120. The van der Waals surface area contributed by atoms with E-state index in [1.807, 2.05) is 13.8 Å². The molecular formula is C72H68N2O. The minimum absolute atomic E-state index is 0.00242. The van der Waals surface area contributed by atoms with Crippen molar-refractivity contribution in [2.45, 2.75) is 56.9 Å². The Labute approximate surface area is 446 Å². The lowest BCUT2D eigenvalue weighted by Crippen LogP contribution is -2.53. The molecule has 0 unspecified atom stereocenters. The van der Waals surface area contributed by atoms with Crippen molar-refractivity contribution in [1.29, 1.82) is 0 Å². The van der Waals surface area contributed by atoms with Gasteiger partial charge in [-0.05, 0) is 94.5 Å². The molecule has 3 heteroatoms. The molecular weight excluding hydrogens is 909 g/mol. The Morgan fingerprint density at radius 2 is 0.707 bits per heavy atom. The van der Waals surface area contributed by atoms with Gasteiger partial charge in [0.2, 0.25) is 0 Å².